The van der Waals surface area contributed by atoms with Gasteiger partial charge in [-0.05, 0) is 26.2 Å². The summed E-state index contributed by atoms with van der Waals surface area (Å²) in [5, 5.41) is 8.88. The summed E-state index contributed by atoms with van der Waals surface area (Å²) in [5.41, 5.74) is -0.257. The Morgan fingerprint density at radius 1 is 1.42 bits per heavy atom. The van der Waals surface area contributed by atoms with E-state index in [9.17, 15) is 0 Å². The molecule has 66 valence electrons. The van der Waals surface area contributed by atoms with Crippen molar-refractivity contribution in [1.29, 1.82) is 5.26 Å². The summed E-state index contributed by atoms with van der Waals surface area (Å²) < 4.78 is 0. The zero-order chi connectivity index (χ0) is 9.45. The van der Waals surface area contributed by atoms with Crippen molar-refractivity contribution in [2.24, 2.45) is 5.41 Å². The first kappa shape index (κ1) is 11.0. The summed E-state index contributed by atoms with van der Waals surface area (Å²) in [6, 6.07) is 2.32. The van der Waals surface area contributed by atoms with E-state index in [-0.39, 0.29) is 5.41 Å². The van der Waals surface area contributed by atoms with Crippen molar-refractivity contribution in [3.05, 3.63) is 24.8 Å². The van der Waals surface area contributed by atoms with E-state index >= 15 is 0 Å². The molecule has 1 nitrogen and oxygen atoms in total. The van der Waals surface area contributed by atoms with Gasteiger partial charge in [0.25, 0.3) is 0 Å². The molecule has 1 atom stereocenters. The van der Waals surface area contributed by atoms with Crippen LogP contribution >= 0.6 is 0 Å². The smallest absolute Gasteiger partial charge is 0.0693 e. The minimum absolute atomic E-state index is 0.257. The van der Waals surface area contributed by atoms with Gasteiger partial charge in [0, 0.05) is 0 Å². The van der Waals surface area contributed by atoms with Gasteiger partial charge in [-0.3, -0.25) is 0 Å². The van der Waals surface area contributed by atoms with Gasteiger partial charge in [-0.1, -0.05) is 25.2 Å². The summed E-state index contributed by atoms with van der Waals surface area (Å²) in [4.78, 5) is 0. The quantitative estimate of drug-likeness (QED) is 0.569. The first-order valence-corrected chi connectivity index (χ1v) is 4.35. The molecule has 0 fully saturated rings. The number of hydrogen-bond acceptors (Lipinski definition) is 1. The number of allylic oxidation sites excluding steroid dienone is 3. The lowest BCUT2D eigenvalue weighted by Crippen LogP contribution is -2.10. The highest BCUT2D eigenvalue weighted by atomic mass is 14.3. The number of nitrogens with zero attached hydrogens (tertiary/aromatic N) is 1. The fraction of sp³-hybridized carbons (Fsp3) is 0.545. The van der Waals surface area contributed by atoms with Crippen LogP contribution in [0.3, 0.4) is 0 Å². The number of hydrogen-bond donors (Lipinski definition) is 0. The van der Waals surface area contributed by atoms with Crippen molar-refractivity contribution in [3.8, 4) is 6.07 Å². The second kappa shape index (κ2) is 5.60. The lowest BCUT2D eigenvalue weighted by atomic mass is 9.85. The van der Waals surface area contributed by atoms with E-state index in [1.54, 1.807) is 0 Å². The number of nitriles is 1. The van der Waals surface area contributed by atoms with Gasteiger partial charge in [0.2, 0.25) is 0 Å². The fourth-order valence-electron chi connectivity index (χ4n) is 1.00. The van der Waals surface area contributed by atoms with Crippen molar-refractivity contribution in [1.82, 2.24) is 0 Å². The summed E-state index contributed by atoms with van der Waals surface area (Å²) in [5.74, 6) is 0. The summed E-state index contributed by atoms with van der Waals surface area (Å²) >= 11 is 0. The van der Waals surface area contributed by atoms with Crippen LogP contribution in [-0.4, -0.2) is 0 Å². The van der Waals surface area contributed by atoms with Crippen molar-refractivity contribution in [2.45, 2.75) is 33.1 Å². The Hall–Kier alpha value is -1.03. The Morgan fingerprint density at radius 2 is 2.08 bits per heavy atom. The monoisotopic (exact) mass is 163 g/mol. The molecule has 0 aromatic rings. The normalized spacial score (nSPS) is 15.4. The molecule has 12 heavy (non-hydrogen) atoms. The highest BCUT2D eigenvalue weighted by Gasteiger charge is 2.19. The zero-order valence-corrected chi connectivity index (χ0v) is 8.01. The Kier molecular flexibility index (Phi) is 5.12. The van der Waals surface area contributed by atoms with Crippen LogP contribution in [0.25, 0.3) is 0 Å². The first-order valence-electron chi connectivity index (χ1n) is 4.35. The third-order valence-electron chi connectivity index (χ3n) is 1.84. The molecular weight excluding hydrogens is 146 g/mol. The van der Waals surface area contributed by atoms with E-state index in [0.29, 0.717) is 0 Å². The van der Waals surface area contributed by atoms with Gasteiger partial charge in [0.1, 0.15) is 0 Å². The van der Waals surface area contributed by atoms with Crippen molar-refractivity contribution >= 4 is 0 Å². The lowest BCUT2D eigenvalue weighted by Gasteiger charge is -2.16. The molecule has 0 N–H and O–H groups in total. The third-order valence-corrected chi connectivity index (χ3v) is 1.84. The molecule has 0 heterocycles. The molecule has 0 aromatic carbocycles. The molecule has 0 aliphatic carbocycles. The van der Waals surface area contributed by atoms with Crippen LogP contribution in [-0.2, 0) is 0 Å². The predicted octanol–water partition coefficient (Wildman–Crippen LogP) is 3.45. The number of rotatable bonds is 5. The van der Waals surface area contributed by atoms with E-state index in [2.05, 4.69) is 31.7 Å². The minimum Gasteiger partial charge on any atom is -0.198 e. The second-order valence-corrected chi connectivity index (χ2v) is 3.25. The zero-order valence-electron chi connectivity index (χ0n) is 8.01. The van der Waals surface area contributed by atoms with E-state index in [4.69, 9.17) is 5.26 Å². The van der Waals surface area contributed by atoms with Crippen molar-refractivity contribution in [2.75, 3.05) is 0 Å². The molecule has 1 heteroatoms. The van der Waals surface area contributed by atoms with Crippen LogP contribution in [0.2, 0.25) is 0 Å². The molecule has 0 saturated heterocycles. The topological polar surface area (TPSA) is 23.8 Å². The summed E-state index contributed by atoms with van der Waals surface area (Å²) in [6.07, 6.45) is 8.60. The first-order chi connectivity index (χ1) is 5.68. The van der Waals surface area contributed by atoms with E-state index in [1.807, 2.05) is 13.0 Å². The highest BCUT2D eigenvalue weighted by Crippen LogP contribution is 2.25. The van der Waals surface area contributed by atoms with Gasteiger partial charge in [-0.15, -0.1) is 6.58 Å². The predicted molar refractivity (Wildman–Crippen MR) is 52.6 cm³/mol. The average Bonchev–Trinajstić information content (AvgIpc) is 2.06. The van der Waals surface area contributed by atoms with Crippen LogP contribution in [0.5, 0.6) is 0 Å². The van der Waals surface area contributed by atoms with Crippen LogP contribution < -0.4 is 0 Å². The molecular formula is C11H17N. The molecule has 0 saturated carbocycles. The van der Waals surface area contributed by atoms with Crippen molar-refractivity contribution in [3.63, 3.8) is 0 Å². The van der Waals surface area contributed by atoms with Crippen molar-refractivity contribution < 1.29 is 0 Å². The molecule has 0 aliphatic rings. The molecule has 0 aromatic heterocycles. The maximum absolute atomic E-state index is 8.88. The molecule has 0 rings (SSSR count). The van der Waals surface area contributed by atoms with Gasteiger partial charge in [-0.25, -0.2) is 0 Å². The lowest BCUT2D eigenvalue weighted by molar-refractivity contribution is 0.455. The highest BCUT2D eigenvalue weighted by molar-refractivity contribution is 5.03. The maximum atomic E-state index is 8.88. The van der Waals surface area contributed by atoms with E-state index in [0.717, 1.165) is 19.3 Å². The average molecular weight is 163 g/mol. The standard InChI is InChI=1S/C11H17N/c1-4-6-7-9-11(3,10-12)8-5-2/h5-7H,2,4,8-9H2,1,3H3. The molecule has 0 spiro atoms. The summed E-state index contributed by atoms with van der Waals surface area (Å²) in [7, 11) is 0. The Morgan fingerprint density at radius 3 is 2.50 bits per heavy atom. The molecule has 0 radical (unpaired) electrons. The minimum atomic E-state index is -0.257. The SMILES string of the molecule is C=CCC(C)(C#N)CC=CCC. The van der Waals surface area contributed by atoms with Crippen LogP contribution in [0.15, 0.2) is 24.8 Å². The van der Waals surface area contributed by atoms with Gasteiger partial charge >= 0.3 is 0 Å². The fourth-order valence-corrected chi connectivity index (χ4v) is 1.00. The molecule has 0 amide bonds. The summed E-state index contributed by atoms with van der Waals surface area (Å²) in [6.45, 7) is 7.70. The van der Waals surface area contributed by atoms with E-state index in [1.165, 1.54) is 0 Å². The third kappa shape index (κ3) is 3.98. The Labute approximate surface area is 75.4 Å². The molecule has 0 bridgehead atoms. The van der Waals surface area contributed by atoms with Crippen LogP contribution in [0, 0.1) is 16.7 Å². The Balaban J connectivity index is 4.06. The molecule has 0 aliphatic heterocycles. The van der Waals surface area contributed by atoms with Gasteiger partial charge in [0.05, 0.1) is 11.5 Å². The van der Waals surface area contributed by atoms with Gasteiger partial charge in [0.15, 0.2) is 0 Å². The van der Waals surface area contributed by atoms with Gasteiger partial charge < -0.3 is 0 Å². The van der Waals surface area contributed by atoms with Gasteiger partial charge in [-0.2, -0.15) is 5.26 Å². The van der Waals surface area contributed by atoms with Crippen LogP contribution in [0.1, 0.15) is 33.1 Å². The second-order valence-electron chi connectivity index (χ2n) is 3.25. The van der Waals surface area contributed by atoms with Crippen LogP contribution in [0.4, 0.5) is 0 Å². The maximum Gasteiger partial charge on any atom is 0.0693 e. The molecule has 1 unspecified atom stereocenters. The largest absolute Gasteiger partial charge is 0.198 e. The Bertz CT molecular complexity index is 198. The van der Waals surface area contributed by atoms with E-state index < -0.39 is 0 Å².